The van der Waals surface area contributed by atoms with Crippen molar-refractivity contribution in [3.63, 3.8) is 0 Å². The fourth-order valence-corrected chi connectivity index (χ4v) is 8.02. The first kappa shape index (κ1) is 62.3. The predicted octanol–water partition coefficient (Wildman–Crippen LogP) is 7.38. The fraction of sp³-hybridized carbons (Fsp3) is 0.727. The first-order chi connectivity index (χ1) is 33.6. The lowest BCUT2D eigenvalue weighted by Crippen LogP contribution is -2.65. The van der Waals surface area contributed by atoms with Gasteiger partial charge in [0.2, 0.25) is 5.91 Å². The molecule has 0 radical (unpaired) electrons. The molecule has 12 unspecified atom stereocenters. The van der Waals surface area contributed by atoms with Crippen molar-refractivity contribution in [2.75, 3.05) is 19.8 Å². The number of aliphatic hydroxyl groups excluding tert-OH is 8. The predicted molar refractivity (Wildman–Crippen MR) is 272 cm³/mol. The lowest BCUT2D eigenvalue weighted by Gasteiger charge is -2.46. The van der Waals surface area contributed by atoms with Crippen LogP contribution in [0.4, 0.5) is 0 Å². The summed E-state index contributed by atoms with van der Waals surface area (Å²) in [4.78, 5) is 13.1. The quantitative estimate of drug-likeness (QED) is 0.0217. The third-order valence-corrected chi connectivity index (χ3v) is 12.3. The molecule has 2 rings (SSSR count). The van der Waals surface area contributed by atoms with Gasteiger partial charge in [0.05, 0.1) is 32.0 Å². The second-order valence-electron chi connectivity index (χ2n) is 18.3. The van der Waals surface area contributed by atoms with E-state index in [1.54, 1.807) is 6.08 Å². The highest BCUT2D eigenvalue weighted by atomic mass is 16.7. The van der Waals surface area contributed by atoms with E-state index in [-0.39, 0.29) is 18.9 Å². The average Bonchev–Trinajstić information content (AvgIpc) is 3.35. The Morgan fingerprint density at radius 3 is 1.59 bits per heavy atom. The van der Waals surface area contributed by atoms with Crippen molar-refractivity contribution >= 4 is 5.91 Å². The van der Waals surface area contributed by atoms with Crippen molar-refractivity contribution in [2.24, 2.45) is 0 Å². The van der Waals surface area contributed by atoms with Crippen LogP contribution in [0.5, 0.6) is 0 Å². The van der Waals surface area contributed by atoms with Crippen LogP contribution < -0.4 is 5.32 Å². The second kappa shape index (κ2) is 40.7. The summed E-state index contributed by atoms with van der Waals surface area (Å²) >= 11 is 0. The zero-order chi connectivity index (χ0) is 50.3. The number of carbonyl (C=O) groups excluding carboxylic acids is 1. The minimum atomic E-state index is -1.79. The highest BCUT2D eigenvalue weighted by Gasteiger charge is 2.51. The van der Waals surface area contributed by atoms with Crippen LogP contribution in [0.2, 0.25) is 0 Å². The molecule has 0 saturated carbocycles. The number of hydrogen-bond donors (Lipinski definition) is 9. The summed E-state index contributed by atoms with van der Waals surface area (Å²) in [6.45, 7) is 2.55. The van der Waals surface area contributed by atoms with E-state index in [1.807, 2.05) is 6.08 Å². The van der Waals surface area contributed by atoms with Gasteiger partial charge in [0.25, 0.3) is 0 Å². The lowest BCUT2D eigenvalue weighted by atomic mass is 9.97. The largest absolute Gasteiger partial charge is 0.394 e. The summed E-state index contributed by atoms with van der Waals surface area (Å²) in [5.74, 6) is -0.261. The van der Waals surface area contributed by atoms with Crippen molar-refractivity contribution in [1.29, 1.82) is 0 Å². The van der Waals surface area contributed by atoms with Crippen molar-refractivity contribution in [1.82, 2.24) is 5.32 Å². The molecule has 0 aromatic rings. The molecule has 0 aromatic heterocycles. The van der Waals surface area contributed by atoms with Gasteiger partial charge in [-0.1, -0.05) is 170 Å². The Morgan fingerprint density at radius 2 is 1.01 bits per heavy atom. The summed E-state index contributed by atoms with van der Waals surface area (Å²) in [5.41, 5.74) is 0. The molecule has 1 amide bonds. The molecule has 9 N–H and O–H groups in total. The van der Waals surface area contributed by atoms with Crippen LogP contribution in [0, 0.1) is 0 Å². The molecule has 2 aliphatic heterocycles. The van der Waals surface area contributed by atoms with Crippen LogP contribution in [0.15, 0.2) is 85.1 Å². The number of hydrogen-bond acceptors (Lipinski definition) is 13. The molecule has 2 fully saturated rings. The van der Waals surface area contributed by atoms with Crippen molar-refractivity contribution in [2.45, 2.75) is 235 Å². The molecule has 2 heterocycles. The zero-order valence-corrected chi connectivity index (χ0v) is 42.0. The van der Waals surface area contributed by atoms with E-state index in [4.69, 9.17) is 18.9 Å². The number of aliphatic hydroxyl groups is 8. The highest BCUT2D eigenvalue weighted by molar-refractivity contribution is 5.76. The Hall–Kier alpha value is -2.83. The van der Waals surface area contributed by atoms with Crippen LogP contribution >= 0.6 is 0 Å². The van der Waals surface area contributed by atoms with Gasteiger partial charge < -0.3 is 65.1 Å². The molecule has 0 aliphatic carbocycles. The first-order valence-corrected chi connectivity index (χ1v) is 26.3. The normalized spacial score (nSPS) is 26.9. The SMILES string of the molecule is CC/C=C\C/C=C\C/C=C\C/C=C\C/C=C\CCCCCCCCCCCCCC(=O)NC(COC1OC(CO)C(OC2OC(CO)C(O)C(O)C2O)C(O)C1O)C(O)/C=C/CC/C=C/CCCC. The molecule has 14 nitrogen and oxygen atoms in total. The van der Waals surface area contributed by atoms with Crippen molar-refractivity contribution in [3.8, 4) is 0 Å². The summed E-state index contributed by atoms with van der Waals surface area (Å²) in [6.07, 6.45) is 36.6. The molecule has 12 atom stereocenters. The van der Waals surface area contributed by atoms with Crippen molar-refractivity contribution in [3.05, 3.63) is 85.1 Å². The Morgan fingerprint density at radius 1 is 0.536 bits per heavy atom. The van der Waals surface area contributed by atoms with Gasteiger partial charge in [-0.3, -0.25) is 4.79 Å². The van der Waals surface area contributed by atoms with E-state index in [0.29, 0.717) is 12.8 Å². The van der Waals surface area contributed by atoms with Gasteiger partial charge in [-0.05, 0) is 70.6 Å². The van der Waals surface area contributed by atoms with Crippen LogP contribution in [-0.4, -0.2) is 140 Å². The molecular weight excluding hydrogens is 883 g/mol. The Balaban J connectivity index is 1.70. The number of nitrogens with one attached hydrogen (secondary N) is 1. The van der Waals surface area contributed by atoms with E-state index in [0.717, 1.165) is 83.5 Å². The second-order valence-corrected chi connectivity index (χ2v) is 18.3. The maximum atomic E-state index is 13.1. The van der Waals surface area contributed by atoms with Crippen LogP contribution in [0.1, 0.15) is 162 Å². The minimum Gasteiger partial charge on any atom is -0.394 e. The monoisotopic (exact) mass is 976 g/mol. The zero-order valence-electron chi connectivity index (χ0n) is 42.0. The van der Waals surface area contributed by atoms with Gasteiger partial charge in [0.15, 0.2) is 12.6 Å². The number of unbranched alkanes of at least 4 members (excludes halogenated alkanes) is 14. The van der Waals surface area contributed by atoms with Gasteiger partial charge in [-0.2, -0.15) is 0 Å². The fourth-order valence-electron chi connectivity index (χ4n) is 8.02. The number of allylic oxidation sites excluding steroid dienone is 13. The van der Waals surface area contributed by atoms with Gasteiger partial charge in [0.1, 0.15) is 48.8 Å². The smallest absolute Gasteiger partial charge is 0.220 e. The van der Waals surface area contributed by atoms with Crippen molar-refractivity contribution < 1.29 is 64.6 Å². The van der Waals surface area contributed by atoms with Gasteiger partial charge >= 0.3 is 0 Å². The van der Waals surface area contributed by atoms with Gasteiger partial charge in [-0.15, -0.1) is 0 Å². The number of rotatable bonds is 39. The number of ether oxygens (including phenoxy) is 4. The number of amides is 1. The van der Waals surface area contributed by atoms with Crippen LogP contribution in [-0.2, 0) is 23.7 Å². The third kappa shape index (κ3) is 27.5. The maximum absolute atomic E-state index is 13.1. The Labute approximate surface area is 414 Å². The summed E-state index contributed by atoms with van der Waals surface area (Å²) in [7, 11) is 0. The highest BCUT2D eigenvalue weighted by Crippen LogP contribution is 2.30. The van der Waals surface area contributed by atoms with E-state index < -0.39 is 86.8 Å². The molecular formula is C55H93NO13. The van der Waals surface area contributed by atoms with E-state index in [9.17, 15) is 45.6 Å². The molecule has 69 heavy (non-hydrogen) atoms. The summed E-state index contributed by atoms with van der Waals surface area (Å²) < 4.78 is 22.6. The Bertz CT molecular complexity index is 1480. The molecule has 396 valence electrons. The van der Waals surface area contributed by atoms with Crippen LogP contribution in [0.3, 0.4) is 0 Å². The van der Waals surface area contributed by atoms with Gasteiger partial charge in [-0.25, -0.2) is 0 Å². The molecule has 0 spiro atoms. The minimum absolute atomic E-state index is 0.261. The average molecular weight is 976 g/mol. The lowest BCUT2D eigenvalue weighted by molar-refractivity contribution is -0.359. The van der Waals surface area contributed by atoms with E-state index in [2.05, 4.69) is 92.1 Å². The topological polar surface area (TPSA) is 228 Å². The molecule has 0 aromatic carbocycles. The van der Waals surface area contributed by atoms with E-state index >= 15 is 0 Å². The molecule has 2 aliphatic rings. The van der Waals surface area contributed by atoms with E-state index in [1.165, 1.54) is 44.9 Å². The summed E-state index contributed by atoms with van der Waals surface area (Å²) in [6, 6.07) is -0.935. The first-order valence-electron chi connectivity index (χ1n) is 26.3. The molecule has 2 saturated heterocycles. The standard InChI is InChI=1S/C55H93NO13/c1-3-5-7-9-11-13-14-15-16-17-18-19-20-21-22-23-24-25-26-27-28-29-30-31-33-35-37-39-47(60)56-43(44(59)38-36-34-32-12-10-8-6-4-2)42-66-54-52(65)50(63)53(46(41-58)68-54)69-55-51(64)49(62)48(61)45(40-57)67-55/h5,7,10-13,15-16,18-19,21-22,36,38,43-46,48-55,57-59,61-65H,3-4,6,8-9,14,17,20,23-35,37,39-42H2,1-2H3,(H,56,60)/b7-5-,12-10+,13-11-,16-15-,19-18-,22-21-,38-36+. The summed E-state index contributed by atoms with van der Waals surface area (Å²) in [5, 5.41) is 86.5. The molecule has 0 bridgehead atoms. The van der Waals surface area contributed by atoms with Crippen LogP contribution in [0.25, 0.3) is 0 Å². The Kier molecular flexibility index (Phi) is 36.8. The third-order valence-electron chi connectivity index (χ3n) is 12.3. The maximum Gasteiger partial charge on any atom is 0.220 e. The number of carbonyl (C=O) groups is 1. The van der Waals surface area contributed by atoms with Gasteiger partial charge in [0, 0.05) is 6.42 Å². The molecule has 14 heteroatoms.